The van der Waals surface area contributed by atoms with Crippen LogP contribution in [0.15, 0.2) is 42.6 Å². The molecule has 1 aliphatic heterocycles. The Bertz CT molecular complexity index is 838. The summed E-state index contributed by atoms with van der Waals surface area (Å²) in [7, 11) is 1.63. The zero-order chi connectivity index (χ0) is 20.1. The highest BCUT2D eigenvalue weighted by molar-refractivity contribution is 5.87. The fourth-order valence-electron chi connectivity index (χ4n) is 3.48. The number of hydrogen-bond acceptors (Lipinski definition) is 5. The van der Waals surface area contributed by atoms with Gasteiger partial charge in [-0.05, 0) is 43.2 Å². The lowest BCUT2D eigenvalue weighted by Gasteiger charge is -2.25. The summed E-state index contributed by atoms with van der Waals surface area (Å²) in [6.45, 7) is 3.74. The highest BCUT2D eigenvalue weighted by atomic mass is 16.5. The van der Waals surface area contributed by atoms with Crippen LogP contribution >= 0.6 is 0 Å². The van der Waals surface area contributed by atoms with E-state index in [0.29, 0.717) is 18.8 Å². The monoisotopic (exact) mass is 383 g/mol. The Morgan fingerprint density at radius 3 is 2.79 bits per heavy atom. The maximum absolute atomic E-state index is 12.8. The zero-order valence-electron chi connectivity index (χ0n) is 16.1. The van der Waals surface area contributed by atoms with E-state index in [2.05, 4.69) is 10.3 Å². The molecule has 2 N–H and O–H groups in total. The second kappa shape index (κ2) is 8.84. The number of likely N-dealkylation sites (tertiary alicyclic amines) is 1. The molecule has 1 amide bonds. The number of rotatable bonds is 8. The molecule has 1 aromatic carbocycles. The molecule has 0 aliphatic carbocycles. The second-order valence-electron chi connectivity index (χ2n) is 6.94. The van der Waals surface area contributed by atoms with Crippen LogP contribution in [-0.2, 0) is 11.3 Å². The maximum atomic E-state index is 12.8. The molecule has 148 valence electrons. The van der Waals surface area contributed by atoms with Crippen molar-refractivity contribution >= 4 is 11.9 Å². The predicted molar refractivity (Wildman–Crippen MR) is 104 cm³/mol. The number of carbonyl (C=O) groups is 2. The lowest BCUT2D eigenvalue weighted by atomic mass is 10.1. The average Bonchev–Trinajstić information content (AvgIpc) is 3.08. The minimum Gasteiger partial charge on any atom is -0.497 e. The van der Waals surface area contributed by atoms with Crippen LogP contribution in [0.4, 0.5) is 0 Å². The number of hydrogen-bond donors (Lipinski definition) is 2. The Kier molecular flexibility index (Phi) is 6.26. The second-order valence-corrected chi connectivity index (χ2v) is 6.94. The summed E-state index contributed by atoms with van der Waals surface area (Å²) >= 11 is 0. The molecular formula is C21H25N3O4. The van der Waals surface area contributed by atoms with Crippen LogP contribution in [0.2, 0.25) is 0 Å². The van der Waals surface area contributed by atoms with E-state index in [0.717, 1.165) is 24.3 Å². The highest BCUT2D eigenvalue weighted by Gasteiger charge is 2.34. The van der Waals surface area contributed by atoms with Gasteiger partial charge in [-0.25, -0.2) is 4.79 Å². The number of carboxylic acid groups (broad SMARTS) is 1. The van der Waals surface area contributed by atoms with E-state index >= 15 is 0 Å². The first-order valence-corrected chi connectivity index (χ1v) is 9.33. The molecule has 1 unspecified atom stereocenters. The van der Waals surface area contributed by atoms with Gasteiger partial charge in [0, 0.05) is 25.8 Å². The summed E-state index contributed by atoms with van der Waals surface area (Å²) < 4.78 is 5.19. The van der Waals surface area contributed by atoms with Crippen LogP contribution < -0.4 is 10.1 Å². The van der Waals surface area contributed by atoms with Crippen molar-refractivity contribution in [3.8, 4) is 5.75 Å². The lowest BCUT2D eigenvalue weighted by molar-refractivity contribution is -0.132. The van der Waals surface area contributed by atoms with Crippen molar-refractivity contribution in [1.82, 2.24) is 15.2 Å². The van der Waals surface area contributed by atoms with E-state index in [-0.39, 0.29) is 23.4 Å². The largest absolute Gasteiger partial charge is 0.497 e. The van der Waals surface area contributed by atoms with Gasteiger partial charge in [0.25, 0.3) is 0 Å². The van der Waals surface area contributed by atoms with Gasteiger partial charge < -0.3 is 20.1 Å². The molecule has 0 radical (unpaired) electrons. The molecule has 1 aliphatic rings. The Balaban J connectivity index is 1.53. The molecule has 1 aromatic heterocycles. The number of ether oxygens (including phenoxy) is 1. The Morgan fingerprint density at radius 2 is 2.11 bits per heavy atom. The van der Waals surface area contributed by atoms with E-state index < -0.39 is 5.97 Å². The minimum atomic E-state index is -0.974. The van der Waals surface area contributed by atoms with Crippen molar-refractivity contribution in [2.24, 2.45) is 5.92 Å². The van der Waals surface area contributed by atoms with Gasteiger partial charge in [-0.2, -0.15) is 0 Å². The maximum Gasteiger partial charge on any atom is 0.335 e. The van der Waals surface area contributed by atoms with Crippen LogP contribution in [0.1, 0.15) is 41.0 Å². The highest BCUT2D eigenvalue weighted by Crippen LogP contribution is 2.29. The van der Waals surface area contributed by atoms with Crippen molar-refractivity contribution in [3.05, 3.63) is 59.4 Å². The van der Waals surface area contributed by atoms with E-state index in [9.17, 15) is 9.59 Å². The standard InChI is InChI=1S/C21H25N3O4/c1-14(15-3-5-19(28-2)6-4-15)24-10-8-17(20(24)25)12-22-13-18-11-16(21(26)27)7-9-23-18/h3-7,9,11,14,17,22H,8,10,12-13H2,1-2H3,(H,26,27)/t14?,17-/m1/s1. The number of aromatic carboxylic acids is 1. The molecule has 7 nitrogen and oxygen atoms in total. The summed E-state index contributed by atoms with van der Waals surface area (Å²) in [4.78, 5) is 29.9. The number of carbonyl (C=O) groups excluding carboxylic acids is 1. The molecule has 3 rings (SSSR count). The number of methoxy groups -OCH3 is 1. The third kappa shape index (κ3) is 4.48. The first-order valence-electron chi connectivity index (χ1n) is 9.33. The number of aromatic nitrogens is 1. The van der Waals surface area contributed by atoms with Crippen LogP contribution in [0, 0.1) is 5.92 Å². The van der Waals surface area contributed by atoms with E-state index in [1.165, 1.54) is 12.3 Å². The van der Waals surface area contributed by atoms with Gasteiger partial charge in [0.15, 0.2) is 0 Å². The van der Waals surface area contributed by atoms with Gasteiger partial charge in [0.1, 0.15) is 5.75 Å². The molecule has 0 saturated carbocycles. The van der Waals surface area contributed by atoms with Gasteiger partial charge in [-0.15, -0.1) is 0 Å². The van der Waals surface area contributed by atoms with Crippen molar-refractivity contribution < 1.29 is 19.4 Å². The smallest absolute Gasteiger partial charge is 0.335 e. The van der Waals surface area contributed by atoms with Gasteiger partial charge in [0.05, 0.1) is 30.3 Å². The Hall–Kier alpha value is -2.93. The van der Waals surface area contributed by atoms with Crippen LogP contribution in [0.5, 0.6) is 5.75 Å². The van der Waals surface area contributed by atoms with Crippen molar-refractivity contribution in [1.29, 1.82) is 0 Å². The number of carboxylic acids is 1. The normalized spacial score (nSPS) is 17.6. The molecule has 2 heterocycles. The summed E-state index contributed by atoms with van der Waals surface area (Å²) in [5, 5.41) is 12.3. The fraction of sp³-hybridized carbons (Fsp3) is 0.381. The molecule has 2 aromatic rings. The van der Waals surface area contributed by atoms with Crippen molar-refractivity contribution in [2.45, 2.75) is 25.9 Å². The number of nitrogens with one attached hydrogen (secondary N) is 1. The third-order valence-corrected chi connectivity index (χ3v) is 5.18. The van der Waals surface area contributed by atoms with Crippen LogP contribution in [0.3, 0.4) is 0 Å². The number of benzene rings is 1. The number of amides is 1. The van der Waals surface area contributed by atoms with Crippen molar-refractivity contribution in [3.63, 3.8) is 0 Å². The van der Waals surface area contributed by atoms with Gasteiger partial charge >= 0.3 is 5.97 Å². The SMILES string of the molecule is COc1ccc(C(C)N2CC[C@H](CNCc3cc(C(=O)O)ccn3)C2=O)cc1. The molecule has 7 heteroatoms. The van der Waals surface area contributed by atoms with E-state index in [4.69, 9.17) is 9.84 Å². The first-order chi connectivity index (χ1) is 13.5. The zero-order valence-corrected chi connectivity index (χ0v) is 16.1. The summed E-state index contributed by atoms with van der Waals surface area (Å²) in [6, 6.07) is 10.8. The van der Waals surface area contributed by atoms with Gasteiger partial charge in [0.2, 0.25) is 5.91 Å². The molecular weight excluding hydrogens is 358 g/mol. The summed E-state index contributed by atoms with van der Waals surface area (Å²) in [5.41, 5.74) is 1.94. The number of pyridine rings is 1. The number of nitrogens with zero attached hydrogens (tertiary/aromatic N) is 2. The minimum absolute atomic E-state index is 0.0114. The molecule has 1 fully saturated rings. The lowest BCUT2D eigenvalue weighted by Crippen LogP contribution is -2.33. The summed E-state index contributed by atoms with van der Waals surface area (Å²) in [5.74, 6) is -0.115. The third-order valence-electron chi connectivity index (χ3n) is 5.18. The molecule has 0 spiro atoms. The topological polar surface area (TPSA) is 91.8 Å². The van der Waals surface area contributed by atoms with Gasteiger partial charge in [-0.1, -0.05) is 12.1 Å². The molecule has 2 atom stereocenters. The quantitative estimate of drug-likeness (QED) is 0.728. The Labute approximate surface area is 164 Å². The molecule has 0 bridgehead atoms. The van der Waals surface area contributed by atoms with Crippen LogP contribution in [0.25, 0.3) is 0 Å². The van der Waals surface area contributed by atoms with Crippen LogP contribution in [-0.4, -0.2) is 47.1 Å². The average molecular weight is 383 g/mol. The molecule has 1 saturated heterocycles. The van der Waals surface area contributed by atoms with Crippen molar-refractivity contribution in [2.75, 3.05) is 20.2 Å². The van der Waals surface area contributed by atoms with E-state index in [1.54, 1.807) is 13.2 Å². The van der Waals surface area contributed by atoms with E-state index in [1.807, 2.05) is 36.1 Å². The predicted octanol–water partition coefficient (Wildman–Crippen LogP) is 2.49. The molecule has 28 heavy (non-hydrogen) atoms. The summed E-state index contributed by atoms with van der Waals surface area (Å²) in [6.07, 6.45) is 2.29. The Morgan fingerprint density at radius 1 is 1.36 bits per heavy atom. The van der Waals surface area contributed by atoms with Gasteiger partial charge in [-0.3, -0.25) is 9.78 Å². The first kappa shape index (κ1) is 19.8. The fourth-order valence-corrected chi connectivity index (χ4v) is 3.48.